The summed E-state index contributed by atoms with van der Waals surface area (Å²) in [6, 6.07) is 0.418. The quantitative estimate of drug-likeness (QED) is 0.542. The third-order valence-electron chi connectivity index (χ3n) is 2.92. The molecule has 0 spiro atoms. The van der Waals surface area contributed by atoms with Crippen molar-refractivity contribution in [2.24, 2.45) is 5.92 Å². The van der Waals surface area contributed by atoms with Crippen molar-refractivity contribution in [2.75, 3.05) is 0 Å². The normalized spacial score (nSPS) is 28.8. The van der Waals surface area contributed by atoms with Gasteiger partial charge in [-0.15, -0.1) is 0 Å². The third kappa shape index (κ3) is 1.94. The molecule has 16 heavy (non-hydrogen) atoms. The van der Waals surface area contributed by atoms with Gasteiger partial charge in [0.15, 0.2) is 0 Å². The first-order chi connectivity index (χ1) is 7.77. The van der Waals surface area contributed by atoms with Crippen molar-refractivity contribution in [3.05, 3.63) is 58.9 Å². The zero-order chi connectivity index (χ0) is 11.5. The molecule has 2 aliphatic rings. The summed E-state index contributed by atoms with van der Waals surface area (Å²) in [6.07, 6.45) is 17.4. The van der Waals surface area contributed by atoms with Gasteiger partial charge in [0.2, 0.25) is 0 Å². The molecule has 0 saturated heterocycles. The van der Waals surface area contributed by atoms with Crippen LogP contribution in [0.5, 0.6) is 0 Å². The molecule has 0 saturated carbocycles. The third-order valence-corrected chi connectivity index (χ3v) is 3.56. The maximum Gasteiger partial charge on any atom is 0.0822 e. The minimum atomic E-state index is 0.418. The summed E-state index contributed by atoms with van der Waals surface area (Å²) >= 11 is 3.65. The van der Waals surface area contributed by atoms with Crippen molar-refractivity contribution < 1.29 is 0 Å². The van der Waals surface area contributed by atoms with Gasteiger partial charge in [-0.05, 0) is 41.9 Å². The second-order valence-electron chi connectivity index (χ2n) is 3.91. The molecule has 1 aliphatic carbocycles. The van der Waals surface area contributed by atoms with Crippen molar-refractivity contribution >= 4 is 15.9 Å². The van der Waals surface area contributed by atoms with Gasteiger partial charge in [-0.25, -0.2) is 0 Å². The number of fused-ring (bicyclic) bond motifs is 1. The van der Waals surface area contributed by atoms with Crippen LogP contribution in [-0.4, -0.2) is 10.9 Å². The van der Waals surface area contributed by atoms with E-state index in [0.29, 0.717) is 12.0 Å². The molecule has 2 atom stereocenters. The smallest absolute Gasteiger partial charge is 0.0822 e. The Morgan fingerprint density at radius 1 is 1.31 bits per heavy atom. The van der Waals surface area contributed by atoms with Gasteiger partial charge in [-0.2, -0.15) is 0 Å². The standard InChI is InChI=1S/C14H16BrN/c1-3-7-12(4-2)16-13-9-6-5-8-11(13)10-14(16)15/h3-11,13H,1-2H3/b7-3-,12-4+. The predicted octanol–water partition coefficient (Wildman–Crippen LogP) is 4.13. The molecule has 0 radical (unpaired) electrons. The SMILES string of the molecule is C/C=C\C(=C/C)N1C(Br)=CC2C=CC=CC21. The number of hydrogen-bond acceptors (Lipinski definition) is 1. The van der Waals surface area contributed by atoms with Gasteiger partial charge in [0.25, 0.3) is 0 Å². The molecule has 0 fully saturated rings. The van der Waals surface area contributed by atoms with Crippen LogP contribution < -0.4 is 0 Å². The highest BCUT2D eigenvalue weighted by Gasteiger charge is 2.32. The first-order valence-electron chi connectivity index (χ1n) is 5.58. The van der Waals surface area contributed by atoms with Crippen LogP contribution in [0.25, 0.3) is 0 Å². The van der Waals surface area contributed by atoms with Crippen molar-refractivity contribution in [1.29, 1.82) is 0 Å². The molecule has 0 aromatic heterocycles. The van der Waals surface area contributed by atoms with E-state index in [1.165, 1.54) is 5.70 Å². The topological polar surface area (TPSA) is 3.24 Å². The van der Waals surface area contributed by atoms with Crippen LogP contribution in [0.15, 0.2) is 58.9 Å². The van der Waals surface area contributed by atoms with Crippen molar-refractivity contribution in [2.45, 2.75) is 19.9 Å². The molecular weight excluding hydrogens is 262 g/mol. The molecule has 0 amide bonds. The Morgan fingerprint density at radius 3 is 2.75 bits per heavy atom. The van der Waals surface area contributed by atoms with Gasteiger partial charge in [0.1, 0.15) is 0 Å². The zero-order valence-corrected chi connectivity index (χ0v) is 11.2. The lowest BCUT2D eigenvalue weighted by atomic mass is 9.97. The van der Waals surface area contributed by atoms with Crippen LogP contribution in [0, 0.1) is 5.92 Å². The van der Waals surface area contributed by atoms with E-state index in [1.807, 2.05) is 6.92 Å². The Balaban J connectivity index is 2.31. The number of allylic oxidation sites excluding steroid dienone is 5. The van der Waals surface area contributed by atoms with Crippen LogP contribution in [0.2, 0.25) is 0 Å². The number of halogens is 1. The number of hydrogen-bond donors (Lipinski definition) is 0. The Morgan fingerprint density at radius 2 is 2.06 bits per heavy atom. The van der Waals surface area contributed by atoms with E-state index in [0.717, 1.165) is 4.61 Å². The molecule has 0 N–H and O–H groups in total. The van der Waals surface area contributed by atoms with Gasteiger partial charge in [-0.3, -0.25) is 0 Å². The van der Waals surface area contributed by atoms with Gasteiger partial charge in [0.05, 0.1) is 10.6 Å². The molecule has 1 heterocycles. The average molecular weight is 278 g/mol. The van der Waals surface area contributed by atoms with Crippen LogP contribution in [-0.2, 0) is 0 Å². The molecule has 2 unspecified atom stereocenters. The lowest BCUT2D eigenvalue weighted by molar-refractivity contribution is 0.393. The van der Waals surface area contributed by atoms with Crippen molar-refractivity contribution in [3.8, 4) is 0 Å². The Kier molecular flexibility index (Phi) is 3.49. The summed E-state index contributed by atoms with van der Waals surface area (Å²) < 4.78 is 1.16. The van der Waals surface area contributed by atoms with E-state index in [2.05, 4.69) is 76.4 Å². The molecule has 0 aromatic rings. The van der Waals surface area contributed by atoms with Crippen molar-refractivity contribution in [1.82, 2.24) is 4.90 Å². The Bertz CT molecular complexity index is 412. The first-order valence-corrected chi connectivity index (χ1v) is 6.37. The van der Waals surface area contributed by atoms with Gasteiger partial charge in [0, 0.05) is 11.6 Å². The summed E-state index contributed by atoms with van der Waals surface area (Å²) in [5.74, 6) is 0.486. The minimum absolute atomic E-state index is 0.418. The van der Waals surface area contributed by atoms with Crippen LogP contribution in [0.1, 0.15) is 13.8 Å². The second kappa shape index (κ2) is 4.88. The van der Waals surface area contributed by atoms with E-state index in [9.17, 15) is 0 Å². The Hall–Kier alpha value is -1.02. The maximum absolute atomic E-state index is 3.65. The molecule has 0 aromatic carbocycles. The summed E-state index contributed by atoms with van der Waals surface area (Å²) in [5.41, 5.74) is 1.23. The lowest BCUT2D eigenvalue weighted by Crippen LogP contribution is -2.30. The molecule has 0 bridgehead atoms. The largest absolute Gasteiger partial charge is 0.328 e. The second-order valence-corrected chi connectivity index (χ2v) is 4.72. The minimum Gasteiger partial charge on any atom is -0.328 e. The predicted molar refractivity (Wildman–Crippen MR) is 73.0 cm³/mol. The highest BCUT2D eigenvalue weighted by atomic mass is 79.9. The molecule has 84 valence electrons. The fourth-order valence-electron chi connectivity index (χ4n) is 2.19. The number of rotatable bonds is 2. The Labute approximate surface area is 106 Å². The van der Waals surface area contributed by atoms with E-state index in [-0.39, 0.29) is 0 Å². The van der Waals surface area contributed by atoms with Crippen molar-refractivity contribution in [3.63, 3.8) is 0 Å². The average Bonchev–Trinajstić information content (AvgIpc) is 2.62. The summed E-state index contributed by atoms with van der Waals surface area (Å²) in [6.45, 7) is 4.12. The fourth-order valence-corrected chi connectivity index (χ4v) is 2.93. The van der Waals surface area contributed by atoms with E-state index >= 15 is 0 Å². The molecule has 2 heteroatoms. The number of nitrogens with zero attached hydrogens (tertiary/aromatic N) is 1. The highest BCUT2D eigenvalue weighted by molar-refractivity contribution is 9.11. The summed E-state index contributed by atoms with van der Waals surface area (Å²) in [7, 11) is 0. The van der Waals surface area contributed by atoms with Crippen LogP contribution in [0.4, 0.5) is 0 Å². The highest BCUT2D eigenvalue weighted by Crippen LogP contribution is 2.37. The van der Waals surface area contributed by atoms with Crippen LogP contribution in [0.3, 0.4) is 0 Å². The lowest BCUT2D eigenvalue weighted by Gasteiger charge is -2.30. The molecule has 1 nitrogen and oxygen atoms in total. The van der Waals surface area contributed by atoms with E-state index < -0.39 is 0 Å². The summed E-state index contributed by atoms with van der Waals surface area (Å²) in [4.78, 5) is 2.32. The monoisotopic (exact) mass is 277 g/mol. The molecular formula is C14H16BrN. The molecule has 2 rings (SSSR count). The van der Waals surface area contributed by atoms with Gasteiger partial charge >= 0.3 is 0 Å². The van der Waals surface area contributed by atoms with Gasteiger partial charge < -0.3 is 4.90 Å². The summed E-state index contributed by atoms with van der Waals surface area (Å²) in [5, 5.41) is 0. The van der Waals surface area contributed by atoms with Crippen LogP contribution >= 0.6 is 15.9 Å². The van der Waals surface area contributed by atoms with E-state index in [4.69, 9.17) is 0 Å². The van der Waals surface area contributed by atoms with Gasteiger partial charge in [-0.1, -0.05) is 36.5 Å². The van der Waals surface area contributed by atoms with E-state index in [1.54, 1.807) is 0 Å². The zero-order valence-electron chi connectivity index (χ0n) is 9.60. The molecule has 1 aliphatic heterocycles. The first kappa shape index (κ1) is 11.5. The fraction of sp³-hybridized carbons (Fsp3) is 0.286. The maximum atomic E-state index is 3.65.